The number of nitrogens with zero attached hydrogens (tertiary/aromatic N) is 3. The molecule has 1 aliphatic heterocycles. The number of carbonyl (C=O) groups excluding carboxylic acids is 1. The summed E-state index contributed by atoms with van der Waals surface area (Å²) < 4.78 is 5.22. The minimum absolute atomic E-state index is 0. The number of amides is 1. The van der Waals surface area contributed by atoms with Gasteiger partial charge in [-0.25, -0.2) is 0 Å². The van der Waals surface area contributed by atoms with Crippen molar-refractivity contribution >= 4 is 30.7 Å². The Bertz CT molecular complexity index is 507. The summed E-state index contributed by atoms with van der Waals surface area (Å²) in [5, 5.41) is 7.28. The molecule has 2 aliphatic rings. The van der Waals surface area contributed by atoms with E-state index in [9.17, 15) is 4.79 Å². The lowest BCUT2D eigenvalue weighted by molar-refractivity contribution is -0.132. The maximum absolute atomic E-state index is 12.2. The molecule has 24 heavy (non-hydrogen) atoms. The van der Waals surface area contributed by atoms with Gasteiger partial charge in [0.25, 0.3) is 0 Å². The van der Waals surface area contributed by atoms with Crippen molar-refractivity contribution in [3.63, 3.8) is 0 Å². The molecule has 1 N–H and O–H groups in total. The topological polar surface area (TPSA) is 61.6 Å². The van der Waals surface area contributed by atoms with Gasteiger partial charge >= 0.3 is 0 Å². The SMILES string of the molecule is Cc1noc(C)c1CN1CCN(C(=O)CNCC2CC2)CC1.Cl.Cl. The Labute approximate surface area is 156 Å². The van der Waals surface area contributed by atoms with Crippen LogP contribution in [-0.4, -0.2) is 60.1 Å². The first-order valence-electron chi connectivity index (χ1n) is 8.26. The number of rotatable bonds is 6. The van der Waals surface area contributed by atoms with Gasteiger partial charge in [0, 0.05) is 38.3 Å². The highest BCUT2D eigenvalue weighted by Gasteiger charge is 2.24. The number of nitrogens with one attached hydrogen (secondary N) is 1. The standard InChI is InChI=1S/C16H26N4O2.2ClH/c1-12-15(13(2)22-18-12)11-19-5-7-20(8-6-19)16(21)10-17-9-14-3-4-14;;/h14,17H,3-11H2,1-2H3;2*1H. The molecule has 2 fully saturated rings. The maximum atomic E-state index is 12.2. The molecule has 1 amide bonds. The Kier molecular flexibility index (Phi) is 8.50. The molecule has 0 radical (unpaired) electrons. The predicted molar refractivity (Wildman–Crippen MR) is 97.9 cm³/mol. The molecular formula is C16H28Cl2N4O2. The first-order valence-corrected chi connectivity index (χ1v) is 8.26. The summed E-state index contributed by atoms with van der Waals surface area (Å²) in [6.45, 7) is 9.75. The van der Waals surface area contributed by atoms with Gasteiger partial charge in [-0.15, -0.1) is 24.8 Å². The number of hydrogen-bond acceptors (Lipinski definition) is 5. The molecule has 6 nitrogen and oxygen atoms in total. The molecular weight excluding hydrogens is 351 g/mol. The van der Waals surface area contributed by atoms with Crippen molar-refractivity contribution in [1.29, 1.82) is 0 Å². The Morgan fingerprint density at radius 2 is 1.88 bits per heavy atom. The molecule has 1 saturated carbocycles. The molecule has 2 heterocycles. The van der Waals surface area contributed by atoms with E-state index in [0.29, 0.717) is 6.54 Å². The highest BCUT2D eigenvalue weighted by molar-refractivity contribution is 5.85. The van der Waals surface area contributed by atoms with E-state index in [1.54, 1.807) is 0 Å². The van der Waals surface area contributed by atoms with E-state index in [1.165, 1.54) is 18.4 Å². The Hall–Kier alpha value is -0.820. The van der Waals surface area contributed by atoms with Crippen LogP contribution in [0.15, 0.2) is 4.52 Å². The molecule has 1 aromatic rings. The summed E-state index contributed by atoms with van der Waals surface area (Å²) in [6, 6.07) is 0. The van der Waals surface area contributed by atoms with E-state index in [4.69, 9.17) is 4.52 Å². The third-order valence-electron chi connectivity index (χ3n) is 4.69. The number of carbonyl (C=O) groups is 1. The second-order valence-corrected chi connectivity index (χ2v) is 6.53. The van der Waals surface area contributed by atoms with Crippen LogP contribution in [0.25, 0.3) is 0 Å². The molecule has 8 heteroatoms. The van der Waals surface area contributed by atoms with Gasteiger partial charge in [-0.2, -0.15) is 0 Å². The van der Waals surface area contributed by atoms with Crippen LogP contribution in [0, 0.1) is 19.8 Å². The summed E-state index contributed by atoms with van der Waals surface area (Å²) >= 11 is 0. The van der Waals surface area contributed by atoms with Gasteiger partial charge in [0.05, 0.1) is 12.2 Å². The highest BCUT2D eigenvalue weighted by atomic mass is 35.5. The largest absolute Gasteiger partial charge is 0.361 e. The van der Waals surface area contributed by atoms with Crippen molar-refractivity contribution in [2.45, 2.75) is 33.2 Å². The molecule has 0 bridgehead atoms. The van der Waals surface area contributed by atoms with Crippen LogP contribution in [0.5, 0.6) is 0 Å². The van der Waals surface area contributed by atoms with Crippen molar-refractivity contribution < 1.29 is 9.32 Å². The van der Waals surface area contributed by atoms with Crippen LogP contribution in [0.3, 0.4) is 0 Å². The minimum Gasteiger partial charge on any atom is -0.361 e. The lowest BCUT2D eigenvalue weighted by Gasteiger charge is -2.34. The fourth-order valence-corrected chi connectivity index (χ4v) is 2.92. The molecule has 0 aromatic carbocycles. The minimum atomic E-state index is 0. The molecule has 0 spiro atoms. The van der Waals surface area contributed by atoms with Crippen molar-refractivity contribution in [3.05, 3.63) is 17.0 Å². The van der Waals surface area contributed by atoms with Crippen LogP contribution < -0.4 is 5.32 Å². The van der Waals surface area contributed by atoms with Gasteiger partial charge < -0.3 is 14.7 Å². The van der Waals surface area contributed by atoms with Crippen LogP contribution in [0.1, 0.15) is 29.9 Å². The van der Waals surface area contributed by atoms with Gasteiger partial charge in [0.1, 0.15) is 5.76 Å². The Morgan fingerprint density at radius 3 is 2.42 bits per heavy atom. The second-order valence-electron chi connectivity index (χ2n) is 6.53. The van der Waals surface area contributed by atoms with Crippen molar-refractivity contribution in [2.24, 2.45) is 5.92 Å². The van der Waals surface area contributed by atoms with E-state index in [1.807, 2.05) is 18.7 Å². The number of aryl methyl sites for hydroxylation is 2. The van der Waals surface area contributed by atoms with Crippen LogP contribution >= 0.6 is 24.8 Å². The first kappa shape index (κ1) is 21.2. The Balaban J connectivity index is 0.00000144. The average molecular weight is 379 g/mol. The fourth-order valence-electron chi connectivity index (χ4n) is 2.92. The fraction of sp³-hybridized carbons (Fsp3) is 0.750. The average Bonchev–Trinajstić information content (AvgIpc) is 3.29. The van der Waals surface area contributed by atoms with Gasteiger partial charge in [0.15, 0.2) is 0 Å². The highest BCUT2D eigenvalue weighted by Crippen LogP contribution is 2.27. The van der Waals surface area contributed by atoms with Gasteiger partial charge in [-0.1, -0.05) is 5.16 Å². The van der Waals surface area contributed by atoms with Crippen LogP contribution in [-0.2, 0) is 11.3 Å². The van der Waals surface area contributed by atoms with E-state index >= 15 is 0 Å². The molecule has 0 atom stereocenters. The lowest BCUT2D eigenvalue weighted by atomic mass is 10.2. The second kappa shape index (κ2) is 9.61. The molecule has 1 saturated heterocycles. The van der Waals surface area contributed by atoms with Gasteiger partial charge in [-0.05, 0) is 39.2 Å². The summed E-state index contributed by atoms with van der Waals surface area (Å²) in [5.41, 5.74) is 2.16. The van der Waals surface area contributed by atoms with Crippen LogP contribution in [0.2, 0.25) is 0 Å². The zero-order chi connectivity index (χ0) is 15.5. The van der Waals surface area contributed by atoms with Crippen molar-refractivity contribution in [3.8, 4) is 0 Å². The number of hydrogen-bond donors (Lipinski definition) is 1. The number of aromatic nitrogens is 1. The smallest absolute Gasteiger partial charge is 0.236 e. The third-order valence-corrected chi connectivity index (χ3v) is 4.69. The molecule has 0 unspecified atom stereocenters. The van der Waals surface area contributed by atoms with Crippen molar-refractivity contribution in [2.75, 3.05) is 39.3 Å². The number of halogens is 2. The molecule has 1 aromatic heterocycles. The summed E-state index contributed by atoms with van der Waals surface area (Å²) in [7, 11) is 0. The van der Waals surface area contributed by atoms with Gasteiger partial charge in [0.2, 0.25) is 5.91 Å². The lowest BCUT2D eigenvalue weighted by Crippen LogP contribution is -2.50. The van der Waals surface area contributed by atoms with E-state index in [0.717, 1.165) is 56.6 Å². The van der Waals surface area contributed by atoms with Crippen LogP contribution in [0.4, 0.5) is 0 Å². The predicted octanol–water partition coefficient (Wildman–Crippen LogP) is 1.78. The van der Waals surface area contributed by atoms with Crippen molar-refractivity contribution in [1.82, 2.24) is 20.3 Å². The van der Waals surface area contributed by atoms with E-state index in [2.05, 4.69) is 15.4 Å². The number of piperazine rings is 1. The zero-order valence-corrected chi connectivity index (χ0v) is 16.0. The third kappa shape index (κ3) is 5.62. The maximum Gasteiger partial charge on any atom is 0.236 e. The summed E-state index contributed by atoms with van der Waals surface area (Å²) in [4.78, 5) is 16.5. The quantitative estimate of drug-likeness (QED) is 0.817. The zero-order valence-electron chi connectivity index (χ0n) is 14.4. The normalized spacial score (nSPS) is 18.0. The monoisotopic (exact) mass is 378 g/mol. The molecule has 138 valence electrons. The molecule has 3 rings (SSSR count). The van der Waals surface area contributed by atoms with E-state index in [-0.39, 0.29) is 30.7 Å². The molecule has 1 aliphatic carbocycles. The first-order chi connectivity index (χ1) is 10.6. The van der Waals surface area contributed by atoms with Gasteiger partial charge in [-0.3, -0.25) is 9.69 Å². The summed E-state index contributed by atoms with van der Waals surface area (Å²) in [6.07, 6.45) is 2.64. The van der Waals surface area contributed by atoms with E-state index < -0.39 is 0 Å². The Morgan fingerprint density at radius 1 is 1.21 bits per heavy atom. The summed E-state index contributed by atoms with van der Waals surface area (Å²) in [5.74, 6) is 1.96.